The Morgan fingerprint density at radius 3 is 2.21 bits per heavy atom. The highest BCUT2D eigenvalue weighted by Gasteiger charge is 2.52. The highest BCUT2D eigenvalue weighted by Crippen LogP contribution is 2.47. The lowest BCUT2D eigenvalue weighted by Crippen LogP contribution is -2.44. The largest absolute Gasteiger partial charge is 0.493 e. The van der Waals surface area contributed by atoms with Crippen LogP contribution in [-0.4, -0.2) is 46.2 Å². The van der Waals surface area contributed by atoms with Crippen LogP contribution in [0.15, 0.2) is 29.6 Å². The zero-order chi connectivity index (χ0) is 20.4. The quantitative estimate of drug-likeness (QED) is 0.559. The molecule has 7 nitrogen and oxygen atoms in total. The molecule has 0 fully saturated rings. The lowest BCUT2D eigenvalue weighted by atomic mass is 9.68. The highest BCUT2D eigenvalue weighted by atomic mass is 32.1. The van der Waals surface area contributed by atoms with Crippen molar-refractivity contribution in [3.8, 4) is 11.5 Å². The van der Waals surface area contributed by atoms with E-state index in [0.717, 1.165) is 0 Å². The van der Waals surface area contributed by atoms with Gasteiger partial charge in [0.2, 0.25) is 0 Å². The summed E-state index contributed by atoms with van der Waals surface area (Å²) >= 11 is 1.24. The van der Waals surface area contributed by atoms with Gasteiger partial charge in [0.15, 0.2) is 17.3 Å². The molecule has 3 atom stereocenters. The van der Waals surface area contributed by atoms with Crippen LogP contribution in [0.5, 0.6) is 11.5 Å². The first kappa shape index (κ1) is 19.9. The second-order valence-corrected chi connectivity index (χ2v) is 7.13. The van der Waals surface area contributed by atoms with E-state index in [9.17, 15) is 14.4 Å². The monoisotopic (exact) mass is 404 g/mol. The van der Waals surface area contributed by atoms with E-state index in [1.165, 1.54) is 39.8 Å². The number of fused-ring (bicyclic) bond motifs is 1. The van der Waals surface area contributed by atoms with Gasteiger partial charge in [-0.25, -0.2) is 0 Å². The van der Waals surface area contributed by atoms with Gasteiger partial charge < -0.3 is 18.9 Å². The molecule has 0 saturated heterocycles. The maximum Gasteiger partial charge on any atom is 0.317 e. The number of methoxy groups -OCH3 is 4. The summed E-state index contributed by atoms with van der Waals surface area (Å²) < 4.78 is 20.4. The van der Waals surface area contributed by atoms with Crippen LogP contribution in [0.2, 0.25) is 0 Å². The molecule has 0 radical (unpaired) electrons. The fourth-order valence-corrected chi connectivity index (χ4v) is 4.60. The smallest absolute Gasteiger partial charge is 0.317 e. The van der Waals surface area contributed by atoms with Crippen molar-refractivity contribution in [2.24, 2.45) is 11.8 Å². The van der Waals surface area contributed by atoms with E-state index in [0.29, 0.717) is 27.5 Å². The Morgan fingerprint density at radius 1 is 0.929 bits per heavy atom. The van der Waals surface area contributed by atoms with E-state index in [1.807, 2.05) is 0 Å². The molecule has 148 valence electrons. The average Bonchev–Trinajstić information content (AvgIpc) is 3.22. The summed E-state index contributed by atoms with van der Waals surface area (Å²) in [7, 11) is 5.46. The summed E-state index contributed by atoms with van der Waals surface area (Å²) in [5.74, 6) is -3.73. The van der Waals surface area contributed by atoms with Gasteiger partial charge in [0.25, 0.3) is 0 Å². The van der Waals surface area contributed by atoms with E-state index < -0.39 is 35.5 Å². The van der Waals surface area contributed by atoms with Crippen LogP contribution < -0.4 is 9.47 Å². The minimum Gasteiger partial charge on any atom is -0.493 e. The lowest BCUT2D eigenvalue weighted by Gasteiger charge is -2.34. The zero-order valence-electron chi connectivity index (χ0n) is 15.9. The van der Waals surface area contributed by atoms with Crippen LogP contribution in [0.1, 0.15) is 26.7 Å². The standard InChI is InChI=1S/C20H20O7S/c1-24-12-6-5-10(9-13(12)25-2)14-11-7-8-28-18(11)17(21)16(20(23)27-4)15(14)19(22)26-3/h5-9,14-16H,1-4H3/t14-,15+,16-/m1/s1. The number of carbonyl (C=O) groups excluding carboxylic acids is 3. The maximum absolute atomic E-state index is 13.0. The molecule has 1 heterocycles. The van der Waals surface area contributed by atoms with Gasteiger partial charge in [-0.2, -0.15) is 0 Å². The number of benzene rings is 1. The first-order chi connectivity index (χ1) is 13.5. The van der Waals surface area contributed by atoms with Crippen molar-refractivity contribution < 1.29 is 33.3 Å². The zero-order valence-corrected chi connectivity index (χ0v) is 16.7. The first-order valence-electron chi connectivity index (χ1n) is 8.47. The molecule has 3 rings (SSSR count). The number of Topliss-reactive ketones (excluding diaryl/α,β-unsaturated/α-hetero) is 1. The second kappa shape index (κ2) is 8.02. The van der Waals surface area contributed by atoms with Gasteiger partial charge in [-0.1, -0.05) is 6.07 Å². The number of carbonyl (C=O) groups is 3. The Bertz CT molecular complexity index is 917. The van der Waals surface area contributed by atoms with Crippen molar-refractivity contribution in [3.05, 3.63) is 45.6 Å². The molecule has 0 aliphatic heterocycles. The summed E-state index contributed by atoms with van der Waals surface area (Å²) in [6.07, 6.45) is 0. The molecular formula is C20H20O7S. The normalized spacial score (nSPS) is 20.9. The van der Waals surface area contributed by atoms with Gasteiger partial charge in [-0.05, 0) is 34.7 Å². The number of hydrogen-bond donors (Lipinski definition) is 0. The Labute approximate surface area is 166 Å². The van der Waals surface area contributed by atoms with Crippen LogP contribution in [-0.2, 0) is 19.1 Å². The van der Waals surface area contributed by atoms with E-state index in [4.69, 9.17) is 18.9 Å². The second-order valence-electron chi connectivity index (χ2n) is 6.21. The average molecular weight is 404 g/mol. The van der Waals surface area contributed by atoms with E-state index in [2.05, 4.69) is 0 Å². The van der Waals surface area contributed by atoms with Crippen molar-refractivity contribution in [3.63, 3.8) is 0 Å². The summed E-state index contributed by atoms with van der Waals surface area (Å²) in [5.41, 5.74) is 1.38. The number of ether oxygens (including phenoxy) is 4. The topological polar surface area (TPSA) is 88.1 Å². The molecule has 1 aromatic carbocycles. The molecule has 0 unspecified atom stereocenters. The van der Waals surface area contributed by atoms with Gasteiger partial charge in [0, 0.05) is 5.92 Å². The van der Waals surface area contributed by atoms with E-state index in [1.54, 1.807) is 29.6 Å². The first-order valence-corrected chi connectivity index (χ1v) is 9.35. The predicted molar refractivity (Wildman–Crippen MR) is 101 cm³/mol. The summed E-state index contributed by atoms with van der Waals surface area (Å²) in [4.78, 5) is 38.6. The van der Waals surface area contributed by atoms with Crippen LogP contribution in [0.3, 0.4) is 0 Å². The van der Waals surface area contributed by atoms with Gasteiger partial charge in [-0.3, -0.25) is 14.4 Å². The van der Waals surface area contributed by atoms with Gasteiger partial charge in [-0.15, -0.1) is 11.3 Å². The summed E-state index contributed by atoms with van der Waals surface area (Å²) in [6.45, 7) is 0. The van der Waals surface area contributed by atoms with E-state index >= 15 is 0 Å². The molecule has 2 aromatic rings. The molecule has 0 saturated carbocycles. The molecule has 0 bridgehead atoms. The molecule has 0 N–H and O–H groups in total. The molecule has 0 spiro atoms. The lowest BCUT2D eigenvalue weighted by molar-refractivity contribution is -0.156. The van der Waals surface area contributed by atoms with Crippen molar-refractivity contribution in [2.45, 2.75) is 5.92 Å². The molecule has 0 amide bonds. The number of thiophene rings is 1. The van der Waals surface area contributed by atoms with Crippen molar-refractivity contribution in [1.29, 1.82) is 0 Å². The number of hydrogen-bond acceptors (Lipinski definition) is 8. The highest BCUT2D eigenvalue weighted by molar-refractivity contribution is 7.12. The number of esters is 2. The third kappa shape index (κ3) is 3.13. The molecule has 8 heteroatoms. The van der Waals surface area contributed by atoms with Gasteiger partial charge in [0.05, 0.1) is 39.2 Å². The van der Waals surface area contributed by atoms with Crippen molar-refractivity contribution in [2.75, 3.05) is 28.4 Å². The van der Waals surface area contributed by atoms with Crippen LogP contribution >= 0.6 is 11.3 Å². The Hall–Kier alpha value is -2.87. The summed E-state index contributed by atoms with van der Waals surface area (Å²) in [6, 6.07) is 7.04. The minimum atomic E-state index is -1.28. The van der Waals surface area contributed by atoms with Gasteiger partial charge >= 0.3 is 11.9 Å². The molecular weight excluding hydrogens is 384 g/mol. The number of rotatable bonds is 5. The third-order valence-corrected chi connectivity index (χ3v) is 5.90. The fraction of sp³-hybridized carbons (Fsp3) is 0.350. The Morgan fingerprint density at radius 2 is 1.61 bits per heavy atom. The van der Waals surface area contributed by atoms with Gasteiger partial charge in [0.1, 0.15) is 5.92 Å². The van der Waals surface area contributed by atoms with Crippen molar-refractivity contribution in [1.82, 2.24) is 0 Å². The molecule has 1 aromatic heterocycles. The Kier molecular flexibility index (Phi) is 5.69. The molecule has 1 aliphatic carbocycles. The fourth-order valence-electron chi connectivity index (χ4n) is 3.68. The van der Waals surface area contributed by atoms with E-state index in [-0.39, 0.29) is 0 Å². The van der Waals surface area contributed by atoms with Crippen molar-refractivity contribution >= 4 is 29.1 Å². The third-order valence-electron chi connectivity index (χ3n) is 4.95. The molecule has 1 aliphatic rings. The van der Waals surface area contributed by atoms with Crippen LogP contribution in [0.25, 0.3) is 0 Å². The molecule has 28 heavy (non-hydrogen) atoms. The minimum absolute atomic E-state index is 0.427. The van der Waals surface area contributed by atoms with Crippen LogP contribution in [0.4, 0.5) is 0 Å². The maximum atomic E-state index is 13.0. The van der Waals surface area contributed by atoms with Crippen LogP contribution in [0, 0.1) is 11.8 Å². The Balaban J connectivity index is 2.24. The predicted octanol–water partition coefficient (Wildman–Crippen LogP) is 2.67. The summed E-state index contributed by atoms with van der Waals surface area (Å²) in [5, 5.41) is 1.77. The number of ketones is 1. The SMILES string of the molecule is COC(=O)[C@H]1C(=O)c2sccc2[C@@H](c2ccc(OC)c(OC)c2)[C@@H]1C(=O)OC.